The lowest BCUT2D eigenvalue weighted by Gasteiger charge is -2.25. The number of methoxy groups -OCH3 is 2. The molecule has 1 N–H and O–H groups in total. The predicted octanol–water partition coefficient (Wildman–Crippen LogP) is 4.85. The van der Waals surface area contributed by atoms with E-state index in [0.717, 1.165) is 42.5 Å². The molecule has 1 aliphatic rings. The molecule has 2 heterocycles. The zero-order valence-electron chi connectivity index (χ0n) is 21.1. The number of aryl methyl sites for hydroxylation is 1. The van der Waals surface area contributed by atoms with Crippen LogP contribution in [0.15, 0.2) is 65.3 Å². The van der Waals surface area contributed by atoms with Crippen molar-refractivity contribution >= 4 is 12.0 Å². The fourth-order valence-corrected chi connectivity index (χ4v) is 4.75. The SMILES string of the molecule is COc1ccc(-c2nn(-c3ccccc3)cc2/C=C/C(=O)NC2(c3noc(C)n3)CCCC2)cc1OC. The van der Waals surface area contributed by atoms with Gasteiger partial charge in [-0.05, 0) is 49.2 Å². The second-order valence-electron chi connectivity index (χ2n) is 9.03. The van der Waals surface area contributed by atoms with Gasteiger partial charge in [0.25, 0.3) is 0 Å². The van der Waals surface area contributed by atoms with Crippen molar-refractivity contribution in [3.8, 4) is 28.4 Å². The maximum Gasteiger partial charge on any atom is 0.244 e. The highest BCUT2D eigenvalue weighted by molar-refractivity contribution is 5.93. The Morgan fingerprint density at radius 2 is 1.84 bits per heavy atom. The summed E-state index contributed by atoms with van der Waals surface area (Å²) in [4.78, 5) is 17.5. The molecule has 4 aromatic rings. The van der Waals surface area contributed by atoms with Crippen molar-refractivity contribution in [2.24, 2.45) is 0 Å². The molecule has 1 amide bonds. The molecule has 2 aromatic heterocycles. The molecule has 0 atom stereocenters. The molecule has 0 spiro atoms. The minimum atomic E-state index is -0.612. The molecule has 2 aromatic carbocycles. The van der Waals surface area contributed by atoms with E-state index >= 15 is 0 Å². The van der Waals surface area contributed by atoms with Gasteiger partial charge in [-0.25, -0.2) is 4.68 Å². The molecule has 9 nitrogen and oxygen atoms in total. The van der Waals surface area contributed by atoms with Crippen LogP contribution in [0.4, 0.5) is 0 Å². The van der Waals surface area contributed by atoms with Crippen molar-refractivity contribution in [1.82, 2.24) is 25.2 Å². The summed E-state index contributed by atoms with van der Waals surface area (Å²) < 4.78 is 17.9. The van der Waals surface area contributed by atoms with E-state index in [9.17, 15) is 4.79 Å². The Morgan fingerprint density at radius 3 is 2.51 bits per heavy atom. The summed E-state index contributed by atoms with van der Waals surface area (Å²) >= 11 is 0. The minimum absolute atomic E-state index is 0.227. The topological polar surface area (TPSA) is 104 Å². The molecule has 9 heteroatoms. The van der Waals surface area contributed by atoms with Crippen molar-refractivity contribution in [2.45, 2.75) is 38.1 Å². The van der Waals surface area contributed by atoms with Crippen molar-refractivity contribution in [3.05, 3.63) is 78.1 Å². The lowest BCUT2D eigenvalue weighted by Crippen LogP contribution is -2.44. The second-order valence-corrected chi connectivity index (χ2v) is 9.03. The highest BCUT2D eigenvalue weighted by Gasteiger charge is 2.40. The van der Waals surface area contributed by atoms with Gasteiger partial charge in [0, 0.05) is 30.3 Å². The summed E-state index contributed by atoms with van der Waals surface area (Å²) in [6.45, 7) is 1.75. The third-order valence-electron chi connectivity index (χ3n) is 6.61. The monoisotopic (exact) mass is 499 g/mol. The zero-order chi connectivity index (χ0) is 25.8. The summed E-state index contributed by atoms with van der Waals surface area (Å²) in [6.07, 6.45) is 8.74. The van der Waals surface area contributed by atoms with Gasteiger partial charge in [0.05, 0.1) is 19.9 Å². The maximum atomic E-state index is 13.1. The number of rotatable bonds is 8. The highest BCUT2D eigenvalue weighted by atomic mass is 16.5. The number of para-hydroxylation sites is 1. The Bertz CT molecular complexity index is 1420. The standard InChI is InChI=1S/C28H29N5O4/c1-19-29-27(32-37-19)28(15-7-8-16-28)30-25(34)14-12-21-18-33(22-9-5-4-6-10-22)31-26(21)20-11-13-23(35-2)24(17-20)36-3/h4-6,9-14,17-18H,7-8,15-16H2,1-3H3,(H,30,34)/b14-12+. The molecule has 1 fully saturated rings. The molecular weight excluding hydrogens is 470 g/mol. The second kappa shape index (κ2) is 10.3. The van der Waals surface area contributed by atoms with Crippen LogP contribution >= 0.6 is 0 Å². The number of carbonyl (C=O) groups excluding carboxylic acids is 1. The lowest BCUT2D eigenvalue weighted by atomic mass is 9.96. The molecule has 1 saturated carbocycles. The van der Waals surface area contributed by atoms with E-state index in [-0.39, 0.29) is 5.91 Å². The first kappa shape index (κ1) is 24.3. The Labute approximate surface area is 215 Å². The first-order valence-electron chi connectivity index (χ1n) is 12.2. The average molecular weight is 500 g/mol. The van der Waals surface area contributed by atoms with E-state index in [1.165, 1.54) is 6.08 Å². The van der Waals surface area contributed by atoms with Crippen LogP contribution < -0.4 is 14.8 Å². The highest BCUT2D eigenvalue weighted by Crippen LogP contribution is 2.37. The van der Waals surface area contributed by atoms with Crippen molar-refractivity contribution < 1.29 is 18.8 Å². The van der Waals surface area contributed by atoms with Crippen LogP contribution in [0.5, 0.6) is 11.5 Å². The smallest absolute Gasteiger partial charge is 0.244 e. The minimum Gasteiger partial charge on any atom is -0.493 e. The van der Waals surface area contributed by atoms with E-state index in [4.69, 9.17) is 19.1 Å². The summed E-state index contributed by atoms with van der Waals surface area (Å²) in [5, 5.41) is 12.1. The Kier molecular flexibility index (Phi) is 6.76. The van der Waals surface area contributed by atoms with Crippen molar-refractivity contribution in [3.63, 3.8) is 0 Å². The van der Waals surface area contributed by atoms with Gasteiger partial charge in [0.15, 0.2) is 17.3 Å². The number of carbonyl (C=O) groups is 1. The number of nitrogens with one attached hydrogen (secondary N) is 1. The van der Waals surface area contributed by atoms with Gasteiger partial charge in [-0.2, -0.15) is 10.1 Å². The van der Waals surface area contributed by atoms with Crippen LogP contribution in [0.3, 0.4) is 0 Å². The van der Waals surface area contributed by atoms with E-state index < -0.39 is 5.54 Å². The predicted molar refractivity (Wildman–Crippen MR) is 138 cm³/mol. The molecule has 0 saturated heterocycles. The summed E-state index contributed by atoms with van der Waals surface area (Å²) in [5.74, 6) is 2.02. The van der Waals surface area contributed by atoms with Gasteiger partial charge in [-0.15, -0.1) is 0 Å². The normalized spacial score (nSPS) is 14.7. The molecule has 0 radical (unpaired) electrons. The Hall–Kier alpha value is -4.40. The molecule has 5 rings (SSSR count). The summed E-state index contributed by atoms with van der Waals surface area (Å²) in [5.41, 5.74) is 2.62. The number of nitrogens with zero attached hydrogens (tertiary/aromatic N) is 4. The van der Waals surface area contributed by atoms with Gasteiger partial charge in [-0.1, -0.05) is 36.2 Å². The number of ether oxygens (including phenoxy) is 2. The van der Waals surface area contributed by atoms with Gasteiger partial charge < -0.3 is 19.3 Å². The quantitative estimate of drug-likeness (QED) is 0.346. The number of hydrogen-bond acceptors (Lipinski definition) is 7. The van der Waals surface area contributed by atoms with Crippen LogP contribution in [0, 0.1) is 6.92 Å². The van der Waals surface area contributed by atoms with E-state index in [0.29, 0.717) is 28.9 Å². The third-order valence-corrected chi connectivity index (χ3v) is 6.61. The van der Waals surface area contributed by atoms with Gasteiger partial charge >= 0.3 is 0 Å². The molecule has 0 bridgehead atoms. The Morgan fingerprint density at radius 1 is 1.08 bits per heavy atom. The van der Waals surface area contributed by atoms with Crippen molar-refractivity contribution in [2.75, 3.05) is 14.2 Å². The molecule has 0 unspecified atom stereocenters. The molecule has 0 aliphatic heterocycles. The third kappa shape index (κ3) is 4.97. The van der Waals surface area contributed by atoms with Crippen LogP contribution in [0.2, 0.25) is 0 Å². The summed E-state index contributed by atoms with van der Waals surface area (Å²) in [6, 6.07) is 15.4. The Balaban J connectivity index is 1.47. The van der Waals surface area contributed by atoms with Crippen LogP contribution in [0.25, 0.3) is 23.0 Å². The van der Waals surface area contributed by atoms with E-state index in [2.05, 4.69) is 15.5 Å². The van der Waals surface area contributed by atoms with Gasteiger partial charge in [-0.3, -0.25) is 4.79 Å². The van der Waals surface area contributed by atoms with Crippen LogP contribution in [-0.4, -0.2) is 40.0 Å². The summed E-state index contributed by atoms with van der Waals surface area (Å²) in [7, 11) is 3.20. The zero-order valence-corrected chi connectivity index (χ0v) is 21.1. The van der Waals surface area contributed by atoms with Gasteiger partial charge in [0.2, 0.25) is 11.8 Å². The maximum absolute atomic E-state index is 13.1. The fourth-order valence-electron chi connectivity index (χ4n) is 4.75. The van der Waals surface area contributed by atoms with E-state index in [1.807, 2.05) is 54.7 Å². The number of benzene rings is 2. The molecule has 37 heavy (non-hydrogen) atoms. The number of hydrogen-bond donors (Lipinski definition) is 1. The van der Waals surface area contributed by atoms with Crippen LogP contribution in [0.1, 0.15) is 43.0 Å². The van der Waals surface area contributed by atoms with Crippen molar-refractivity contribution in [1.29, 1.82) is 0 Å². The number of aromatic nitrogens is 4. The van der Waals surface area contributed by atoms with Gasteiger partial charge in [0.1, 0.15) is 11.2 Å². The fraction of sp³-hybridized carbons (Fsp3) is 0.286. The lowest BCUT2D eigenvalue weighted by molar-refractivity contribution is -0.118. The average Bonchev–Trinajstić information content (AvgIpc) is 3.68. The number of amides is 1. The molecular formula is C28H29N5O4. The van der Waals surface area contributed by atoms with E-state index in [1.54, 1.807) is 31.9 Å². The molecule has 190 valence electrons. The first-order chi connectivity index (χ1) is 18.0. The molecule has 1 aliphatic carbocycles. The van der Waals surface area contributed by atoms with Crippen LogP contribution in [-0.2, 0) is 10.3 Å². The largest absolute Gasteiger partial charge is 0.493 e. The first-order valence-corrected chi connectivity index (χ1v) is 12.2.